The highest BCUT2D eigenvalue weighted by Gasteiger charge is 2.19. The molecule has 0 radical (unpaired) electrons. The molecule has 0 fully saturated rings. The number of amides is 2. The van der Waals surface area contributed by atoms with Gasteiger partial charge in [0.2, 0.25) is 0 Å². The van der Waals surface area contributed by atoms with E-state index in [0.717, 1.165) is 30.8 Å². The van der Waals surface area contributed by atoms with Gasteiger partial charge in [0.15, 0.2) is 5.82 Å². The van der Waals surface area contributed by atoms with Crippen LogP contribution in [0.15, 0.2) is 23.2 Å². The summed E-state index contributed by atoms with van der Waals surface area (Å²) in [4.78, 5) is 16.1. The van der Waals surface area contributed by atoms with Gasteiger partial charge in [0.05, 0.1) is 0 Å². The predicted octanol–water partition coefficient (Wildman–Crippen LogP) is 1.56. The molecule has 1 aliphatic heterocycles. The zero-order valence-electron chi connectivity index (χ0n) is 11.3. The second kappa shape index (κ2) is 5.36. The number of imidazole rings is 1. The van der Waals surface area contributed by atoms with Gasteiger partial charge in [-0.3, -0.25) is 5.32 Å². The number of fused-ring (bicyclic) bond motifs is 1. The lowest BCUT2D eigenvalue weighted by atomic mass is 9.99. The molecule has 0 saturated heterocycles. The summed E-state index contributed by atoms with van der Waals surface area (Å²) in [5, 5.41) is 9.26. The number of hydrogen-bond acceptors (Lipinski definition) is 4. The number of hydrogen-bond donors (Lipinski definition) is 2. The van der Waals surface area contributed by atoms with Crippen molar-refractivity contribution in [2.75, 3.05) is 11.9 Å². The van der Waals surface area contributed by atoms with E-state index < -0.39 is 0 Å². The molecule has 7 heteroatoms. The van der Waals surface area contributed by atoms with Gasteiger partial charge < -0.3 is 14.4 Å². The zero-order chi connectivity index (χ0) is 13.9. The molecule has 0 aromatic carbocycles. The van der Waals surface area contributed by atoms with E-state index in [0.29, 0.717) is 18.3 Å². The van der Waals surface area contributed by atoms with E-state index in [2.05, 4.69) is 25.3 Å². The van der Waals surface area contributed by atoms with Crippen molar-refractivity contribution < 1.29 is 9.32 Å². The van der Waals surface area contributed by atoms with Crippen LogP contribution >= 0.6 is 0 Å². The summed E-state index contributed by atoms with van der Waals surface area (Å²) in [5.74, 6) is 2.02. The van der Waals surface area contributed by atoms with Gasteiger partial charge in [-0.15, -0.1) is 0 Å². The Morgan fingerprint density at radius 1 is 1.60 bits per heavy atom. The third-order valence-corrected chi connectivity index (χ3v) is 3.56. The van der Waals surface area contributed by atoms with E-state index in [9.17, 15) is 4.79 Å². The lowest BCUT2D eigenvalue weighted by Gasteiger charge is -2.23. The molecular formula is C13H17N5O2. The van der Waals surface area contributed by atoms with Gasteiger partial charge in [-0.1, -0.05) is 5.16 Å². The molecule has 0 unspecified atom stereocenters. The van der Waals surface area contributed by atoms with Gasteiger partial charge in [0.1, 0.15) is 12.1 Å². The number of anilines is 1. The van der Waals surface area contributed by atoms with Crippen molar-refractivity contribution in [3.63, 3.8) is 0 Å². The van der Waals surface area contributed by atoms with Crippen molar-refractivity contribution >= 4 is 11.8 Å². The average molecular weight is 275 g/mol. The van der Waals surface area contributed by atoms with Gasteiger partial charge in [-0.05, 0) is 19.3 Å². The minimum atomic E-state index is -0.251. The second-order valence-corrected chi connectivity index (χ2v) is 5.08. The molecule has 2 N–H and O–H groups in total. The number of carbonyl (C=O) groups is 1. The van der Waals surface area contributed by atoms with Crippen LogP contribution in [-0.2, 0) is 13.0 Å². The third-order valence-electron chi connectivity index (χ3n) is 3.56. The van der Waals surface area contributed by atoms with E-state index in [1.165, 1.54) is 6.26 Å². The molecule has 2 aromatic heterocycles. The molecule has 2 aromatic rings. The van der Waals surface area contributed by atoms with Crippen molar-refractivity contribution in [1.82, 2.24) is 20.0 Å². The van der Waals surface area contributed by atoms with E-state index in [-0.39, 0.29) is 6.03 Å². The minimum Gasteiger partial charge on any atom is -0.362 e. The SMILES string of the molecule is Cc1conc1NC(=O)NC[C@@H]1CCc2nccn2C1. The fourth-order valence-electron chi connectivity index (χ4n) is 2.40. The van der Waals surface area contributed by atoms with Crippen LogP contribution in [0, 0.1) is 12.8 Å². The number of aryl methyl sites for hydroxylation is 2. The second-order valence-electron chi connectivity index (χ2n) is 5.08. The van der Waals surface area contributed by atoms with E-state index >= 15 is 0 Å². The van der Waals surface area contributed by atoms with Crippen LogP contribution in [0.5, 0.6) is 0 Å². The van der Waals surface area contributed by atoms with Gasteiger partial charge in [-0.2, -0.15) is 0 Å². The number of rotatable bonds is 3. The van der Waals surface area contributed by atoms with Crippen LogP contribution in [0.25, 0.3) is 0 Å². The molecule has 2 amide bonds. The van der Waals surface area contributed by atoms with E-state index in [1.807, 2.05) is 19.3 Å². The summed E-state index contributed by atoms with van der Waals surface area (Å²) in [6, 6.07) is -0.251. The maximum atomic E-state index is 11.8. The van der Waals surface area contributed by atoms with E-state index in [4.69, 9.17) is 4.52 Å². The zero-order valence-corrected chi connectivity index (χ0v) is 11.3. The Morgan fingerprint density at radius 3 is 3.30 bits per heavy atom. The third kappa shape index (κ3) is 2.66. The fraction of sp³-hybridized carbons (Fsp3) is 0.462. The maximum absolute atomic E-state index is 11.8. The minimum absolute atomic E-state index is 0.251. The summed E-state index contributed by atoms with van der Waals surface area (Å²) < 4.78 is 6.92. The summed E-state index contributed by atoms with van der Waals surface area (Å²) in [5.41, 5.74) is 0.806. The molecule has 20 heavy (non-hydrogen) atoms. The molecule has 106 valence electrons. The molecule has 3 rings (SSSR count). The Kier molecular flexibility index (Phi) is 3.41. The molecule has 1 atom stereocenters. The number of aromatic nitrogens is 3. The highest BCUT2D eigenvalue weighted by Crippen LogP contribution is 2.18. The Bertz CT molecular complexity index is 603. The Labute approximate surface area is 116 Å². The summed E-state index contributed by atoms with van der Waals surface area (Å²) in [6.07, 6.45) is 7.31. The number of urea groups is 1. The summed E-state index contributed by atoms with van der Waals surface area (Å²) in [7, 11) is 0. The normalized spacial score (nSPS) is 17.6. The van der Waals surface area contributed by atoms with Crippen LogP contribution < -0.4 is 10.6 Å². The summed E-state index contributed by atoms with van der Waals surface area (Å²) >= 11 is 0. The van der Waals surface area contributed by atoms with Crippen molar-refractivity contribution in [3.8, 4) is 0 Å². The first-order valence-electron chi connectivity index (χ1n) is 6.68. The van der Waals surface area contributed by atoms with Crippen molar-refractivity contribution in [3.05, 3.63) is 30.0 Å². The van der Waals surface area contributed by atoms with Crippen LogP contribution in [0.3, 0.4) is 0 Å². The monoisotopic (exact) mass is 275 g/mol. The standard InChI is InChI=1S/C13H17N5O2/c1-9-8-20-17-12(9)16-13(19)15-6-10-2-3-11-14-4-5-18(11)7-10/h4-5,8,10H,2-3,6-7H2,1H3,(H2,15,16,17,19)/t10-/m0/s1. The first-order valence-corrected chi connectivity index (χ1v) is 6.68. The van der Waals surface area contributed by atoms with Gasteiger partial charge in [-0.25, -0.2) is 9.78 Å². The van der Waals surface area contributed by atoms with Crippen LogP contribution in [-0.4, -0.2) is 27.3 Å². The molecular weight excluding hydrogens is 258 g/mol. The molecule has 1 aliphatic rings. The maximum Gasteiger partial charge on any atom is 0.320 e. The molecule has 7 nitrogen and oxygen atoms in total. The first-order chi connectivity index (χ1) is 9.72. The quantitative estimate of drug-likeness (QED) is 0.890. The van der Waals surface area contributed by atoms with Crippen molar-refractivity contribution in [2.24, 2.45) is 5.92 Å². The predicted molar refractivity (Wildman–Crippen MR) is 72.3 cm³/mol. The van der Waals surface area contributed by atoms with Crippen LogP contribution in [0.4, 0.5) is 10.6 Å². The number of nitrogens with one attached hydrogen (secondary N) is 2. The van der Waals surface area contributed by atoms with E-state index in [1.54, 1.807) is 0 Å². The largest absolute Gasteiger partial charge is 0.362 e. The highest BCUT2D eigenvalue weighted by molar-refractivity contribution is 5.88. The fourth-order valence-corrected chi connectivity index (χ4v) is 2.40. The van der Waals surface area contributed by atoms with Crippen molar-refractivity contribution in [1.29, 1.82) is 0 Å². The molecule has 0 bridgehead atoms. The topological polar surface area (TPSA) is 85.0 Å². The Hall–Kier alpha value is -2.31. The molecule has 0 saturated carbocycles. The number of carbonyl (C=O) groups excluding carboxylic acids is 1. The number of nitrogens with zero attached hydrogens (tertiary/aromatic N) is 3. The smallest absolute Gasteiger partial charge is 0.320 e. The van der Waals surface area contributed by atoms with Crippen LogP contribution in [0.2, 0.25) is 0 Å². The molecule has 3 heterocycles. The lowest BCUT2D eigenvalue weighted by molar-refractivity contribution is 0.247. The first kappa shape index (κ1) is 12.7. The average Bonchev–Trinajstić information content (AvgIpc) is 3.05. The molecule has 0 spiro atoms. The van der Waals surface area contributed by atoms with Crippen molar-refractivity contribution in [2.45, 2.75) is 26.3 Å². The summed E-state index contributed by atoms with van der Waals surface area (Å²) in [6.45, 7) is 3.37. The lowest BCUT2D eigenvalue weighted by Crippen LogP contribution is -2.36. The van der Waals surface area contributed by atoms with Gasteiger partial charge in [0.25, 0.3) is 0 Å². The highest BCUT2D eigenvalue weighted by atomic mass is 16.5. The van der Waals surface area contributed by atoms with Gasteiger partial charge >= 0.3 is 6.03 Å². The Morgan fingerprint density at radius 2 is 2.50 bits per heavy atom. The van der Waals surface area contributed by atoms with Crippen LogP contribution in [0.1, 0.15) is 17.8 Å². The van der Waals surface area contributed by atoms with Gasteiger partial charge in [0, 0.05) is 37.5 Å². The Balaban J connectivity index is 1.48. The molecule has 0 aliphatic carbocycles.